The van der Waals surface area contributed by atoms with Crippen LogP contribution in [0.15, 0.2) is 34.1 Å². The van der Waals surface area contributed by atoms with Gasteiger partial charge >= 0.3 is 5.69 Å². The van der Waals surface area contributed by atoms with E-state index in [1.807, 2.05) is 42.9 Å². The Bertz CT molecular complexity index is 891. The summed E-state index contributed by atoms with van der Waals surface area (Å²) in [6.07, 6.45) is 3.84. The van der Waals surface area contributed by atoms with Crippen LogP contribution in [0.5, 0.6) is 0 Å². The predicted molar refractivity (Wildman–Crippen MR) is 114 cm³/mol. The first-order valence-electron chi connectivity index (χ1n) is 9.77. The highest BCUT2D eigenvalue weighted by Gasteiger charge is 2.22. The van der Waals surface area contributed by atoms with Crippen LogP contribution in [0.4, 0.5) is 5.69 Å². The second kappa shape index (κ2) is 9.39. The highest BCUT2D eigenvalue weighted by atomic mass is 32.2. The molecule has 1 amide bonds. The Hall–Kier alpha value is -2.12. The normalized spacial score (nSPS) is 13.0. The van der Waals surface area contributed by atoms with Crippen molar-refractivity contribution in [3.63, 3.8) is 0 Å². The fourth-order valence-electron chi connectivity index (χ4n) is 3.39. The number of thioether (sulfide) groups is 1. The van der Waals surface area contributed by atoms with Crippen molar-refractivity contribution in [2.75, 3.05) is 31.7 Å². The molecule has 0 radical (unpaired) electrons. The summed E-state index contributed by atoms with van der Waals surface area (Å²) in [6.45, 7) is 3.56. The molecule has 0 fully saturated rings. The van der Waals surface area contributed by atoms with E-state index in [9.17, 15) is 9.59 Å². The van der Waals surface area contributed by atoms with Gasteiger partial charge in [-0.3, -0.25) is 9.36 Å². The lowest BCUT2D eigenvalue weighted by atomic mass is 10.1. The third-order valence-corrected chi connectivity index (χ3v) is 5.98. The summed E-state index contributed by atoms with van der Waals surface area (Å²) in [5, 5.41) is 3.63. The summed E-state index contributed by atoms with van der Waals surface area (Å²) >= 11 is 1.36. The number of rotatable bonds is 8. The van der Waals surface area contributed by atoms with Gasteiger partial charge < -0.3 is 10.2 Å². The lowest BCUT2D eigenvalue weighted by molar-refractivity contribution is -0.113. The van der Waals surface area contributed by atoms with Crippen LogP contribution in [0.3, 0.4) is 0 Å². The zero-order valence-corrected chi connectivity index (χ0v) is 17.6. The van der Waals surface area contributed by atoms with Crippen molar-refractivity contribution in [1.29, 1.82) is 0 Å². The maximum absolute atomic E-state index is 12.5. The highest BCUT2D eigenvalue weighted by Crippen LogP contribution is 2.29. The van der Waals surface area contributed by atoms with E-state index in [-0.39, 0.29) is 17.3 Å². The highest BCUT2D eigenvalue weighted by molar-refractivity contribution is 8.00. The molecule has 0 saturated heterocycles. The standard InChI is InChI=1S/C21H28N4O2S/c1-4-15-8-10-16(11-9-15)22-19(26)14-28-20-17-6-5-7-18(17)25(21(27)23-20)13-12-24(2)3/h8-11H,4-7,12-14H2,1-3H3,(H,22,26). The molecule has 1 aromatic heterocycles. The lowest BCUT2D eigenvalue weighted by Gasteiger charge is -2.16. The number of fused-ring (bicyclic) bond motifs is 1. The molecule has 150 valence electrons. The molecule has 0 atom stereocenters. The summed E-state index contributed by atoms with van der Waals surface area (Å²) in [4.78, 5) is 31.2. The van der Waals surface area contributed by atoms with Crippen molar-refractivity contribution in [3.05, 3.63) is 51.6 Å². The molecular formula is C21H28N4O2S. The van der Waals surface area contributed by atoms with E-state index in [0.29, 0.717) is 6.54 Å². The van der Waals surface area contributed by atoms with Crippen LogP contribution in [0.25, 0.3) is 0 Å². The van der Waals surface area contributed by atoms with Gasteiger partial charge in [0.2, 0.25) is 5.91 Å². The van der Waals surface area contributed by atoms with Crippen LogP contribution in [0, 0.1) is 0 Å². The van der Waals surface area contributed by atoms with Crippen LogP contribution in [-0.4, -0.2) is 46.8 Å². The summed E-state index contributed by atoms with van der Waals surface area (Å²) in [5.74, 6) is 0.162. The maximum Gasteiger partial charge on any atom is 0.348 e. The van der Waals surface area contributed by atoms with E-state index in [1.54, 1.807) is 0 Å². The largest absolute Gasteiger partial charge is 0.348 e. The van der Waals surface area contributed by atoms with Crippen LogP contribution in [-0.2, 0) is 30.6 Å². The van der Waals surface area contributed by atoms with E-state index in [0.717, 1.165) is 54.2 Å². The zero-order valence-electron chi connectivity index (χ0n) is 16.8. The number of carbonyl (C=O) groups is 1. The van der Waals surface area contributed by atoms with E-state index in [1.165, 1.54) is 17.3 Å². The molecule has 2 aromatic rings. The van der Waals surface area contributed by atoms with E-state index in [4.69, 9.17) is 0 Å². The molecule has 28 heavy (non-hydrogen) atoms. The Morgan fingerprint density at radius 1 is 1.25 bits per heavy atom. The van der Waals surface area contributed by atoms with Crippen molar-refractivity contribution < 1.29 is 4.79 Å². The van der Waals surface area contributed by atoms with Gasteiger partial charge in [-0.1, -0.05) is 30.8 Å². The SMILES string of the molecule is CCc1ccc(NC(=O)CSc2nc(=O)n(CCN(C)C)c3c2CCC3)cc1. The van der Waals surface area contributed by atoms with Gasteiger partial charge in [0.25, 0.3) is 0 Å². The fourth-order valence-corrected chi connectivity index (χ4v) is 4.27. The second-order valence-corrected chi connectivity index (χ2v) is 8.28. The van der Waals surface area contributed by atoms with Crippen LogP contribution in [0.2, 0.25) is 0 Å². The summed E-state index contributed by atoms with van der Waals surface area (Å²) in [5.41, 5.74) is 4.06. The number of hydrogen-bond acceptors (Lipinski definition) is 5. The Morgan fingerprint density at radius 2 is 2.00 bits per heavy atom. The van der Waals surface area contributed by atoms with Gasteiger partial charge in [0.1, 0.15) is 5.03 Å². The zero-order chi connectivity index (χ0) is 20.1. The minimum atomic E-state index is -0.208. The van der Waals surface area contributed by atoms with Gasteiger partial charge in [-0.05, 0) is 57.5 Å². The number of anilines is 1. The molecule has 0 bridgehead atoms. The average Bonchev–Trinajstić information content (AvgIpc) is 3.15. The first-order valence-corrected chi connectivity index (χ1v) is 10.8. The van der Waals surface area contributed by atoms with Gasteiger partial charge in [-0.2, -0.15) is 4.98 Å². The molecule has 1 heterocycles. The fraction of sp³-hybridized carbons (Fsp3) is 0.476. The number of benzene rings is 1. The Balaban J connectivity index is 1.67. The van der Waals surface area contributed by atoms with E-state index < -0.39 is 0 Å². The average molecular weight is 401 g/mol. The molecule has 1 N–H and O–H groups in total. The Kier molecular flexibility index (Phi) is 6.91. The Morgan fingerprint density at radius 3 is 2.68 bits per heavy atom. The van der Waals surface area contributed by atoms with Crippen molar-refractivity contribution in [3.8, 4) is 0 Å². The number of aromatic nitrogens is 2. The van der Waals surface area contributed by atoms with Gasteiger partial charge in [-0.15, -0.1) is 0 Å². The van der Waals surface area contributed by atoms with Gasteiger partial charge in [0.15, 0.2) is 0 Å². The number of hydrogen-bond donors (Lipinski definition) is 1. The van der Waals surface area contributed by atoms with Crippen molar-refractivity contribution in [2.24, 2.45) is 0 Å². The number of amides is 1. The third-order valence-electron chi connectivity index (χ3n) is 4.96. The van der Waals surface area contributed by atoms with E-state index in [2.05, 4.69) is 22.1 Å². The molecule has 3 rings (SSSR count). The second-order valence-electron chi connectivity index (χ2n) is 7.32. The molecule has 1 aliphatic rings. The Labute approximate surface area is 170 Å². The molecule has 6 nitrogen and oxygen atoms in total. The molecular weight excluding hydrogens is 372 g/mol. The molecule has 1 aromatic carbocycles. The lowest BCUT2D eigenvalue weighted by Crippen LogP contribution is -2.31. The summed E-state index contributed by atoms with van der Waals surface area (Å²) in [7, 11) is 3.99. The number of nitrogens with zero attached hydrogens (tertiary/aromatic N) is 3. The molecule has 0 unspecified atom stereocenters. The summed E-state index contributed by atoms with van der Waals surface area (Å²) < 4.78 is 1.81. The van der Waals surface area contributed by atoms with Gasteiger partial charge in [0.05, 0.1) is 5.75 Å². The van der Waals surface area contributed by atoms with Gasteiger partial charge in [0, 0.05) is 30.0 Å². The number of nitrogens with one attached hydrogen (secondary N) is 1. The minimum Gasteiger partial charge on any atom is -0.325 e. The van der Waals surface area contributed by atoms with Crippen molar-refractivity contribution in [2.45, 2.75) is 44.2 Å². The third kappa shape index (κ3) is 5.02. The molecule has 0 spiro atoms. The molecule has 7 heteroatoms. The number of likely N-dealkylation sites (N-methyl/N-ethyl adjacent to an activating group) is 1. The van der Waals surface area contributed by atoms with Crippen LogP contribution >= 0.6 is 11.8 Å². The first-order chi connectivity index (χ1) is 13.5. The maximum atomic E-state index is 12.5. The van der Waals surface area contributed by atoms with E-state index >= 15 is 0 Å². The van der Waals surface area contributed by atoms with Crippen LogP contribution < -0.4 is 11.0 Å². The molecule has 0 aliphatic heterocycles. The monoisotopic (exact) mass is 400 g/mol. The quantitative estimate of drug-likeness (QED) is 0.545. The molecule has 0 saturated carbocycles. The molecule has 1 aliphatic carbocycles. The van der Waals surface area contributed by atoms with Crippen LogP contribution in [0.1, 0.15) is 30.2 Å². The minimum absolute atomic E-state index is 0.0837. The smallest absolute Gasteiger partial charge is 0.325 e. The topological polar surface area (TPSA) is 67.2 Å². The predicted octanol–water partition coefficient (Wildman–Crippen LogP) is 2.59. The van der Waals surface area contributed by atoms with Gasteiger partial charge in [-0.25, -0.2) is 4.79 Å². The summed E-state index contributed by atoms with van der Waals surface area (Å²) in [6, 6.07) is 7.88. The first kappa shape index (κ1) is 20.6. The number of aryl methyl sites for hydroxylation is 1. The van der Waals surface area contributed by atoms with Crippen molar-refractivity contribution in [1.82, 2.24) is 14.5 Å². The number of carbonyl (C=O) groups excluding carboxylic acids is 1. The van der Waals surface area contributed by atoms with Crippen molar-refractivity contribution >= 4 is 23.4 Å².